The summed E-state index contributed by atoms with van der Waals surface area (Å²) in [7, 11) is 0. The van der Waals surface area contributed by atoms with Gasteiger partial charge >= 0.3 is 0 Å². The van der Waals surface area contributed by atoms with Gasteiger partial charge in [0.25, 0.3) is 0 Å². The number of hydrogen-bond donors (Lipinski definition) is 1. The summed E-state index contributed by atoms with van der Waals surface area (Å²) in [6, 6.07) is 20.3. The summed E-state index contributed by atoms with van der Waals surface area (Å²) >= 11 is 0. The van der Waals surface area contributed by atoms with Crippen molar-refractivity contribution in [3.05, 3.63) is 100 Å². The van der Waals surface area contributed by atoms with Crippen LogP contribution in [0.4, 0.5) is 0 Å². The Bertz CT molecular complexity index is 1070. The number of fused-ring (bicyclic) bond motifs is 8. The minimum Gasteiger partial charge on any atom is -0.388 e. The molecule has 0 spiro atoms. The van der Waals surface area contributed by atoms with Crippen LogP contribution in [0.1, 0.15) is 64.7 Å². The van der Waals surface area contributed by atoms with E-state index in [0.29, 0.717) is 11.8 Å². The van der Waals surface area contributed by atoms with Crippen molar-refractivity contribution in [3.63, 3.8) is 0 Å². The van der Waals surface area contributed by atoms with Crippen LogP contribution in [0.5, 0.6) is 0 Å². The van der Waals surface area contributed by atoms with E-state index >= 15 is 0 Å². The molecule has 1 atom stereocenters. The van der Waals surface area contributed by atoms with Crippen molar-refractivity contribution in [1.82, 2.24) is 9.88 Å². The van der Waals surface area contributed by atoms with Crippen LogP contribution in [0.25, 0.3) is 0 Å². The molecule has 1 fully saturated rings. The third-order valence-electron chi connectivity index (χ3n) is 8.07. The Kier molecular flexibility index (Phi) is 4.52. The van der Waals surface area contributed by atoms with Gasteiger partial charge in [-0.05, 0) is 78.6 Å². The van der Waals surface area contributed by atoms with E-state index in [1.54, 1.807) is 22.3 Å². The Balaban J connectivity index is 1.22. The number of aliphatic hydroxyl groups excluding tert-OH is 1. The Hall–Kier alpha value is -2.49. The number of benzene rings is 2. The van der Waals surface area contributed by atoms with Crippen LogP contribution >= 0.6 is 0 Å². The second-order valence-corrected chi connectivity index (χ2v) is 9.87. The average Bonchev–Trinajstić information content (AvgIpc) is 3.31. The number of nitrogens with zero attached hydrogens (tertiary/aromatic N) is 2. The minimum atomic E-state index is -0.406. The van der Waals surface area contributed by atoms with E-state index in [1.165, 1.54) is 6.42 Å². The van der Waals surface area contributed by atoms with Crippen LogP contribution in [0, 0.1) is 12.8 Å². The zero-order chi connectivity index (χ0) is 21.0. The molecular weight excluding hydrogens is 380 g/mol. The zero-order valence-corrected chi connectivity index (χ0v) is 18.2. The van der Waals surface area contributed by atoms with Crippen molar-refractivity contribution in [2.45, 2.75) is 43.6 Å². The van der Waals surface area contributed by atoms with E-state index in [-0.39, 0.29) is 5.41 Å². The predicted octanol–water partition coefficient (Wildman–Crippen LogP) is 4.97. The summed E-state index contributed by atoms with van der Waals surface area (Å²) in [5.41, 5.74) is 8.39. The molecule has 0 unspecified atom stereocenters. The third kappa shape index (κ3) is 2.98. The number of hydrogen-bond acceptors (Lipinski definition) is 3. The Morgan fingerprint density at radius 1 is 1.00 bits per heavy atom. The third-order valence-corrected chi connectivity index (χ3v) is 8.07. The number of rotatable bonds is 4. The van der Waals surface area contributed by atoms with Gasteiger partial charge in [-0.25, -0.2) is 0 Å². The first-order valence-electron chi connectivity index (χ1n) is 11.7. The summed E-state index contributed by atoms with van der Waals surface area (Å²) in [6.07, 6.45) is 6.56. The molecular formula is C28H30N2O. The van der Waals surface area contributed by atoms with E-state index < -0.39 is 6.10 Å². The largest absolute Gasteiger partial charge is 0.388 e. The first kappa shape index (κ1) is 19.2. The van der Waals surface area contributed by atoms with E-state index in [2.05, 4.69) is 64.5 Å². The van der Waals surface area contributed by atoms with Gasteiger partial charge in [0.2, 0.25) is 0 Å². The fraction of sp³-hybridized carbons (Fsp3) is 0.393. The Morgan fingerprint density at radius 3 is 2.29 bits per heavy atom. The second-order valence-electron chi connectivity index (χ2n) is 9.87. The quantitative estimate of drug-likeness (QED) is 0.660. The number of aliphatic hydroxyl groups is 1. The van der Waals surface area contributed by atoms with Crippen molar-refractivity contribution in [1.29, 1.82) is 0 Å². The fourth-order valence-corrected chi connectivity index (χ4v) is 6.63. The van der Waals surface area contributed by atoms with Gasteiger partial charge in [-0.15, -0.1) is 0 Å². The SMILES string of the molecule is Cc1cncc([C@@H](O)C2CCN(CC34CC(c5ccccc53)c3ccccc34)CC2)c1. The molecule has 2 heterocycles. The lowest BCUT2D eigenvalue weighted by atomic mass is 9.74. The summed E-state index contributed by atoms with van der Waals surface area (Å²) in [4.78, 5) is 6.93. The first-order valence-corrected chi connectivity index (χ1v) is 11.7. The highest BCUT2D eigenvalue weighted by Crippen LogP contribution is 2.60. The molecule has 3 heteroatoms. The topological polar surface area (TPSA) is 36.4 Å². The van der Waals surface area contributed by atoms with Crippen LogP contribution in [0.15, 0.2) is 67.0 Å². The van der Waals surface area contributed by atoms with Crippen molar-refractivity contribution in [3.8, 4) is 0 Å². The highest BCUT2D eigenvalue weighted by atomic mass is 16.3. The van der Waals surface area contributed by atoms with E-state index in [4.69, 9.17) is 0 Å². The minimum absolute atomic E-state index is 0.129. The van der Waals surface area contributed by atoms with Gasteiger partial charge in [0.15, 0.2) is 0 Å². The molecule has 1 aliphatic heterocycles. The maximum atomic E-state index is 10.9. The molecule has 6 rings (SSSR count). The van der Waals surface area contributed by atoms with Gasteiger partial charge in [0, 0.05) is 30.3 Å². The molecule has 158 valence electrons. The Morgan fingerprint density at radius 2 is 1.65 bits per heavy atom. The molecule has 1 N–H and O–H groups in total. The standard InChI is InChI=1S/C28H30N2O/c1-19-14-21(17-29-16-19)27(31)20-10-12-30(13-11-20)18-28-15-24(22-6-2-4-8-25(22)28)23-7-3-5-9-26(23)28/h2-9,14,16-17,20,24,27,31H,10-13,15,18H2,1H3/t24?,27-,28?/m0/s1. The van der Waals surface area contributed by atoms with Gasteiger partial charge in [-0.2, -0.15) is 0 Å². The molecule has 1 saturated heterocycles. The number of pyridine rings is 1. The lowest BCUT2D eigenvalue weighted by Crippen LogP contribution is -2.44. The monoisotopic (exact) mass is 410 g/mol. The molecule has 0 saturated carbocycles. The summed E-state index contributed by atoms with van der Waals surface area (Å²) in [5.74, 6) is 0.873. The highest BCUT2D eigenvalue weighted by Gasteiger charge is 2.53. The maximum Gasteiger partial charge on any atom is 0.0834 e. The normalized spacial score (nSPS) is 25.9. The second kappa shape index (κ2) is 7.29. The average molecular weight is 411 g/mol. The molecule has 0 radical (unpaired) electrons. The molecule has 2 aromatic carbocycles. The smallest absolute Gasteiger partial charge is 0.0834 e. The summed E-state index contributed by atoms with van der Waals surface area (Å²) < 4.78 is 0. The molecule has 3 aliphatic rings. The molecule has 3 aromatic rings. The lowest BCUT2D eigenvalue weighted by molar-refractivity contribution is 0.0538. The number of likely N-dealkylation sites (tertiary alicyclic amines) is 1. The van der Waals surface area contributed by atoms with Crippen molar-refractivity contribution < 1.29 is 5.11 Å². The Labute approximate surface area is 184 Å². The van der Waals surface area contributed by atoms with Crippen LogP contribution < -0.4 is 0 Å². The van der Waals surface area contributed by atoms with Crippen LogP contribution in [0.3, 0.4) is 0 Å². The van der Waals surface area contributed by atoms with Crippen LogP contribution in [-0.4, -0.2) is 34.6 Å². The van der Waals surface area contributed by atoms with E-state index in [0.717, 1.165) is 43.6 Å². The van der Waals surface area contributed by atoms with Crippen LogP contribution in [-0.2, 0) is 5.41 Å². The summed E-state index contributed by atoms with van der Waals surface area (Å²) in [5, 5.41) is 10.9. The van der Waals surface area contributed by atoms with Gasteiger partial charge in [-0.3, -0.25) is 4.98 Å². The van der Waals surface area contributed by atoms with Gasteiger partial charge in [0.1, 0.15) is 0 Å². The number of piperidine rings is 1. The van der Waals surface area contributed by atoms with Gasteiger partial charge in [0.05, 0.1) is 6.10 Å². The van der Waals surface area contributed by atoms with Gasteiger partial charge in [-0.1, -0.05) is 54.6 Å². The maximum absolute atomic E-state index is 10.9. The number of aryl methyl sites for hydroxylation is 1. The van der Waals surface area contributed by atoms with E-state index in [1.807, 2.05) is 19.3 Å². The zero-order valence-electron chi connectivity index (χ0n) is 18.2. The van der Waals surface area contributed by atoms with E-state index in [9.17, 15) is 5.11 Å². The van der Waals surface area contributed by atoms with Crippen molar-refractivity contribution in [2.24, 2.45) is 5.92 Å². The molecule has 2 aliphatic carbocycles. The molecule has 2 bridgehead atoms. The number of aromatic nitrogens is 1. The first-order chi connectivity index (χ1) is 15.2. The highest BCUT2D eigenvalue weighted by molar-refractivity contribution is 5.62. The molecule has 0 amide bonds. The van der Waals surface area contributed by atoms with Crippen LogP contribution in [0.2, 0.25) is 0 Å². The molecule has 3 nitrogen and oxygen atoms in total. The summed E-state index contributed by atoms with van der Waals surface area (Å²) in [6.45, 7) is 5.24. The lowest BCUT2D eigenvalue weighted by Gasteiger charge is -2.40. The van der Waals surface area contributed by atoms with Gasteiger partial charge < -0.3 is 10.0 Å². The molecule has 1 aromatic heterocycles. The predicted molar refractivity (Wildman–Crippen MR) is 123 cm³/mol. The fourth-order valence-electron chi connectivity index (χ4n) is 6.63. The van der Waals surface area contributed by atoms with Crippen molar-refractivity contribution >= 4 is 0 Å². The van der Waals surface area contributed by atoms with Crippen molar-refractivity contribution in [2.75, 3.05) is 19.6 Å². The molecule has 31 heavy (non-hydrogen) atoms.